The number of aromatic nitrogens is 2. The second kappa shape index (κ2) is 5.74. The smallest absolute Gasteiger partial charge is 0.398 e. The lowest BCUT2D eigenvalue weighted by Gasteiger charge is -2.09. The number of rotatable bonds is 4. The molecule has 8 heteroatoms. The summed E-state index contributed by atoms with van der Waals surface area (Å²) >= 11 is 1.25. The van der Waals surface area contributed by atoms with Crippen molar-refractivity contribution < 1.29 is 17.7 Å². The molecule has 0 radical (unpaired) electrons. The Labute approximate surface area is 117 Å². The van der Waals surface area contributed by atoms with Crippen LogP contribution in [0, 0.1) is 0 Å². The van der Waals surface area contributed by atoms with Crippen LogP contribution < -0.4 is 5.73 Å². The van der Waals surface area contributed by atoms with E-state index in [0.29, 0.717) is 28.8 Å². The molecule has 0 aliphatic heterocycles. The van der Waals surface area contributed by atoms with E-state index in [2.05, 4.69) is 10.1 Å². The number of thioether (sulfide) groups is 1. The Bertz CT molecular complexity index is 598. The van der Waals surface area contributed by atoms with Crippen molar-refractivity contribution in [1.82, 2.24) is 10.1 Å². The van der Waals surface area contributed by atoms with Gasteiger partial charge >= 0.3 is 6.18 Å². The molecule has 20 heavy (non-hydrogen) atoms. The Morgan fingerprint density at radius 1 is 1.35 bits per heavy atom. The maximum atomic E-state index is 12.5. The highest BCUT2D eigenvalue weighted by molar-refractivity contribution is 7.98. The van der Waals surface area contributed by atoms with Crippen LogP contribution in [0.1, 0.15) is 24.2 Å². The predicted molar refractivity (Wildman–Crippen MR) is 69.1 cm³/mol. The standard InChI is InChI=1S/C12H12F3N3OS/c1-2-10-17-11(19-18-10)6-20-9-4-3-7(5-8(9)16)12(13,14)15/h3-5H,2,6,16H2,1H3. The maximum absolute atomic E-state index is 12.5. The van der Waals surface area contributed by atoms with Gasteiger partial charge in [0, 0.05) is 17.0 Å². The first-order valence-corrected chi connectivity index (χ1v) is 6.79. The summed E-state index contributed by atoms with van der Waals surface area (Å²) in [5, 5.41) is 3.74. The summed E-state index contributed by atoms with van der Waals surface area (Å²) in [7, 11) is 0. The summed E-state index contributed by atoms with van der Waals surface area (Å²) in [5.74, 6) is 1.38. The lowest BCUT2D eigenvalue weighted by atomic mass is 10.2. The fourth-order valence-electron chi connectivity index (χ4n) is 1.49. The molecule has 0 fully saturated rings. The first kappa shape index (κ1) is 14.7. The molecule has 0 bridgehead atoms. The van der Waals surface area contributed by atoms with E-state index in [1.807, 2.05) is 6.92 Å². The van der Waals surface area contributed by atoms with Gasteiger partial charge in [-0.05, 0) is 18.2 Å². The molecule has 0 saturated carbocycles. The molecule has 0 unspecified atom stereocenters. The highest BCUT2D eigenvalue weighted by atomic mass is 32.2. The number of halogens is 3. The Hall–Kier alpha value is -1.70. The number of anilines is 1. The maximum Gasteiger partial charge on any atom is 0.416 e. The van der Waals surface area contributed by atoms with E-state index in [0.717, 1.165) is 12.1 Å². The molecule has 0 aliphatic carbocycles. The number of nitrogen functional groups attached to an aromatic ring is 1. The van der Waals surface area contributed by atoms with Gasteiger partial charge in [-0.1, -0.05) is 12.1 Å². The van der Waals surface area contributed by atoms with Crippen molar-refractivity contribution in [3.8, 4) is 0 Å². The summed E-state index contributed by atoms with van der Waals surface area (Å²) in [4.78, 5) is 4.66. The van der Waals surface area contributed by atoms with Crippen LogP contribution in [-0.2, 0) is 18.3 Å². The van der Waals surface area contributed by atoms with Gasteiger partial charge in [-0.15, -0.1) is 11.8 Å². The van der Waals surface area contributed by atoms with Crippen LogP contribution in [-0.4, -0.2) is 10.1 Å². The van der Waals surface area contributed by atoms with Gasteiger partial charge in [-0.25, -0.2) is 0 Å². The normalized spacial score (nSPS) is 11.8. The first-order chi connectivity index (χ1) is 9.40. The highest BCUT2D eigenvalue weighted by Gasteiger charge is 2.30. The van der Waals surface area contributed by atoms with Gasteiger partial charge in [0.25, 0.3) is 0 Å². The van der Waals surface area contributed by atoms with E-state index in [-0.39, 0.29) is 5.69 Å². The van der Waals surface area contributed by atoms with Gasteiger partial charge < -0.3 is 10.3 Å². The molecule has 2 aromatic rings. The second-order valence-corrected chi connectivity index (χ2v) is 5.01. The molecule has 1 aromatic carbocycles. The Morgan fingerprint density at radius 3 is 2.65 bits per heavy atom. The molecular formula is C12H12F3N3OS. The minimum atomic E-state index is -4.39. The zero-order valence-corrected chi connectivity index (χ0v) is 11.4. The number of aryl methyl sites for hydroxylation is 1. The summed E-state index contributed by atoms with van der Waals surface area (Å²) in [5.41, 5.74) is 4.95. The van der Waals surface area contributed by atoms with Gasteiger partial charge in [-0.2, -0.15) is 18.2 Å². The molecule has 1 aromatic heterocycles. The highest BCUT2D eigenvalue weighted by Crippen LogP contribution is 2.35. The topological polar surface area (TPSA) is 64.9 Å². The molecule has 0 amide bonds. The average Bonchev–Trinajstić information content (AvgIpc) is 2.84. The van der Waals surface area contributed by atoms with E-state index < -0.39 is 11.7 Å². The number of benzene rings is 1. The van der Waals surface area contributed by atoms with Crippen LogP contribution in [0.3, 0.4) is 0 Å². The van der Waals surface area contributed by atoms with Crippen molar-refractivity contribution in [2.24, 2.45) is 0 Å². The number of nitrogens with two attached hydrogens (primary N) is 1. The van der Waals surface area contributed by atoms with Crippen LogP contribution >= 0.6 is 11.8 Å². The Balaban J connectivity index is 2.06. The monoisotopic (exact) mass is 303 g/mol. The van der Waals surface area contributed by atoms with E-state index in [1.54, 1.807) is 0 Å². The molecule has 4 nitrogen and oxygen atoms in total. The zero-order chi connectivity index (χ0) is 14.8. The van der Waals surface area contributed by atoms with Crippen LogP contribution in [0.2, 0.25) is 0 Å². The fourth-order valence-corrected chi connectivity index (χ4v) is 2.27. The molecule has 0 saturated heterocycles. The molecule has 0 spiro atoms. The number of alkyl halides is 3. The van der Waals surface area contributed by atoms with Gasteiger partial charge in [0.15, 0.2) is 5.82 Å². The van der Waals surface area contributed by atoms with Crippen LogP contribution in [0.25, 0.3) is 0 Å². The Kier molecular flexibility index (Phi) is 4.22. The molecule has 2 rings (SSSR count). The third kappa shape index (κ3) is 3.44. The second-order valence-electron chi connectivity index (χ2n) is 4.00. The predicted octanol–water partition coefficient (Wildman–Crippen LogP) is 3.53. The van der Waals surface area contributed by atoms with E-state index in [9.17, 15) is 13.2 Å². The summed E-state index contributed by atoms with van der Waals surface area (Å²) in [6.07, 6.45) is -3.73. The third-order valence-electron chi connectivity index (χ3n) is 2.51. The molecule has 2 N–H and O–H groups in total. The van der Waals surface area contributed by atoms with Crippen LogP contribution in [0.4, 0.5) is 18.9 Å². The molecule has 0 aliphatic rings. The minimum Gasteiger partial charge on any atom is -0.398 e. The quantitative estimate of drug-likeness (QED) is 0.691. The lowest BCUT2D eigenvalue weighted by molar-refractivity contribution is -0.137. The van der Waals surface area contributed by atoms with Crippen molar-refractivity contribution in [1.29, 1.82) is 0 Å². The van der Waals surface area contributed by atoms with Crippen LogP contribution in [0.5, 0.6) is 0 Å². The lowest BCUT2D eigenvalue weighted by Crippen LogP contribution is -2.05. The van der Waals surface area contributed by atoms with Gasteiger partial charge in [-0.3, -0.25) is 0 Å². The molecule has 108 valence electrons. The van der Waals surface area contributed by atoms with Crippen molar-refractivity contribution in [3.63, 3.8) is 0 Å². The summed E-state index contributed by atoms with van der Waals surface area (Å²) < 4.78 is 42.5. The molecular weight excluding hydrogens is 291 g/mol. The van der Waals surface area contributed by atoms with Crippen molar-refractivity contribution in [2.75, 3.05) is 5.73 Å². The SMILES string of the molecule is CCc1noc(CSc2ccc(C(F)(F)F)cc2N)n1. The van der Waals surface area contributed by atoms with E-state index in [4.69, 9.17) is 10.3 Å². The first-order valence-electron chi connectivity index (χ1n) is 5.81. The average molecular weight is 303 g/mol. The Morgan fingerprint density at radius 2 is 2.10 bits per heavy atom. The van der Waals surface area contributed by atoms with Gasteiger partial charge in [0.2, 0.25) is 5.89 Å². The van der Waals surface area contributed by atoms with Gasteiger partial charge in [0.1, 0.15) is 0 Å². The van der Waals surface area contributed by atoms with Crippen LogP contribution in [0.15, 0.2) is 27.6 Å². The largest absolute Gasteiger partial charge is 0.416 e. The number of nitrogens with zero attached hydrogens (tertiary/aromatic N) is 2. The number of hydrogen-bond acceptors (Lipinski definition) is 5. The van der Waals surface area contributed by atoms with E-state index >= 15 is 0 Å². The summed E-state index contributed by atoms with van der Waals surface area (Å²) in [6, 6.07) is 3.28. The fraction of sp³-hybridized carbons (Fsp3) is 0.333. The van der Waals surface area contributed by atoms with Crippen molar-refractivity contribution in [2.45, 2.75) is 30.2 Å². The molecule has 1 heterocycles. The van der Waals surface area contributed by atoms with E-state index in [1.165, 1.54) is 17.8 Å². The third-order valence-corrected chi connectivity index (χ3v) is 3.59. The summed E-state index contributed by atoms with van der Waals surface area (Å²) in [6.45, 7) is 1.90. The van der Waals surface area contributed by atoms with Crippen molar-refractivity contribution >= 4 is 17.4 Å². The minimum absolute atomic E-state index is 0.0834. The van der Waals surface area contributed by atoms with Gasteiger partial charge in [0.05, 0.1) is 11.3 Å². The molecule has 0 atom stereocenters. The zero-order valence-electron chi connectivity index (χ0n) is 10.6. The number of hydrogen-bond donors (Lipinski definition) is 1. The van der Waals surface area contributed by atoms with Crippen molar-refractivity contribution in [3.05, 3.63) is 35.5 Å².